The van der Waals surface area contributed by atoms with Gasteiger partial charge in [0.1, 0.15) is 11.5 Å². The highest BCUT2D eigenvalue weighted by Crippen LogP contribution is 2.30. The van der Waals surface area contributed by atoms with Crippen LogP contribution in [0.4, 0.5) is 0 Å². The molecule has 0 saturated carbocycles. The van der Waals surface area contributed by atoms with Gasteiger partial charge in [-0.25, -0.2) is 4.79 Å². The highest BCUT2D eigenvalue weighted by molar-refractivity contribution is 5.74. The van der Waals surface area contributed by atoms with Crippen LogP contribution in [0.3, 0.4) is 0 Å². The lowest BCUT2D eigenvalue weighted by Crippen LogP contribution is -2.26. The van der Waals surface area contributed by atoms with Crippen molar-refractivity contribution in [2.75, 3.05) is 20.8 Å². The molecular weight excluding hydrogens is 270 g/mol. The van der Waals surface area contributed by atoms with Gasteiger partial charge in [-0.1, -0.05) is 13.0 Å². The summed E-state index contributed by atoms with van der Waals surface area (Å²) in [6.07, 6.45) is 0.383. The van der Waals surface area contributed by atoms with Crippen LogP contribution in [0, 0.1) is 0 Å². The SMILES string of the molecule is CCCNC(C)c1ccc(OC)cc1OC(C)C(=O)OC. The fourth-order valence-electron chi connectivity index (χ4n) is 1.98. The molecular formula is C16H25NO4. The maximum absolute atomic E-state index is 11.5. The third kappa shape index (κ3) is 4.93. The lowest BCUT2D eigenvalue weighted by molar-refractivity contribution is -0.147. The molecule has 0 heterocycles. The summed E-state index contributed by atoms with van der Waals surface area (Å²) < 4.78 is 15.7. The van der Waals surface area contributed by atoms with E-state index in [4.69, 9.17) is 14.2 Å². The number of rotatable bonds is 8. The molecule has 2 atom stereocenters. The van der Waals surface area contributed by atoms with E-state index < -0.39 is 12.1 Å². The monoisotopic (exact) mass is 295 g/mol. The molecule has 1 aromatic rings. The van der Waals surface area contributed by atoms with Crippen LogP contribution in [0.5, 0.6) is 11.5 Å². The van der Waals surface area contributed by atoms with Crippen molar-refractivity contribution in [1.82, 2.24) is 5.32 Å². The third-order valence-corrected chi connectivity index (χ3v) is 3.22. The fourth-order valence-corrected chi connectivity index (χ4v) is 1.98. The van der Waals surface area contributed by atoms with Gasteiger partial charge in [0.25, 0.3) is 0 Å². The number of hydrogen-bond acceptors (Lipinski definition) is 5. The van der Waals surface area contributed by atoms with Gasteiger partial charge in [-0.15, -0.1) is 0 Å². The summed E-state index contributed by atoms with van der Waals surface area (Å²) in [5.41, 5.74) is 0.986. The molecule has 1 rings (SSSR count). The van der Waals surface area contributed by atoms with Crippen molar-refractivity contribution in [3.8, 4) is 11.5 Å². The summed E-state index contributed by atoms with van der Waals surface area (Å²) in [5, 5.41) is 3.41. The van der Waals surface area contributed by atoms with E-state index in [1.807, 2.05) is 12.1 Å². The molecule has 0 aliphatic heterocycles. The molecule has 0 aromatic heterocycles. The highest BCUT2D eigenvalue weighted by atomic mass is 16.6. The molecule has 0 spiro atoms. The second-order valence-corrected chi connectivity index (χ2v) is 4.86. The van der Waals surface area contributed by atoms with Gasteiger partial charge in [0.2, 0.25) is 0 Å². The molecule has 1 aromatic carbocycles. The standard InChI is InChI=1S/C16H25NO4/c1-6-9-17-11(2)14-8-7-13(19-4)10-15(14)21-12(3)16(18)20-5/h7-8,10-12,17H,6,9H2,1-5H3. The number of hydrogen-bond donors (Lipinski definition) is 1. The van der Waals surface area contributed by atoms with E-state index in [-0.39, 0.29) is 6.04 Å². The first-order valence-electron chi connectivity index (χ1n) is 7.19. The van der Waals surface area contributed by atoms with Crippen molar-refractivity contribution >= 4 is 5.97 Å². The van der Waals surface area contributed by atoms with Crippen molar-refractivity contribution in [1.29, 1.82) is 0 Å². The second kappa shape index (κ2) is 8.52. The Morgan fingerprint density at radius 2 is 2.00 bits per heavy atom. The maximum atomic E-state index is 11.5. The molecule has 0 amide bonds. The highest BCUT2D eigenvalue weighted by Gasteiger charge is 2.19. The topological polar surface area (TPSA) is 56.8 Å². The summed E-state index contributed by atoms with van der Waals surface area (Å²) >= 11 is 0. The second-order valence-electron chi connectivity index (χ2n) is 4.86. The van der Waals surface area contributed by atoms with E-state index >= 15 is 0 Å². The molecule has 0 aliphatic rings. The summed E-state index contributed by atoms with van der Waals surface area (Å²) in [4.78, 5) is 11.5. The Balaban J connectivity index is 2.98. The normalized spacial score (nSPS) is 13.4. The average molecular weight is 295 g/mol. The van der Waals surface area contributed by atoms with E-state index in [1.165, 1.54) is 7.11 Å². The Kier molecular flexibility index (Phi) is 7.02. The van der Waals surface area contributed by atoms with Crippen LogP contribution in [0.1, 0.15) is 38.8 Å². The molecule has 0 radical (unpaired) electrons. The number of methoxy groups -OCH3 is 2. The molecule has 5 nitrogen and oxygen atoms in total. The zero-order chi connectivity index (χ0) is 15.8. The predicted molar refractivity (Wildman–Crippen MR) is 81.8 cm³/mol. The Labute approximate surface area is 126 Å². The molecule has 0 fully saturated rings. The Hall–Kier alpha value is -1.75. The van der Waals surface area contributed by atoms with Crippen molar-refractivity contribution in [3.05, 3.63) is 23.8 Å². The summed E-state index contributed by atoms with van der Waals surface area (Å²) in [7, 11) is 2.95. The molecule has 0 aliphatic carbocycles. The fraction of sp³-hybridized carbons (Fsp3) is 0.562. The number of esters is 1. The van der Waals surface area contributed by atoms with E-state index in [9.17, 15) is 4.79 Å². The van der Waals surface area contributed by atoms with Crippen LogP contribution < -0.4 is 14.8 Å². The number of nitrogens with one attached hydrogen (secondary N) is 1. The van der Waals surface area contributed by atoms with Crippen molar-refractivity contribution in [2.45, 2.75) is 39.3 Å². The summed E-state index contributed by atoms with van der Waals surface area (Å²) in [5.74, 6) is 0.912. The van der Waals surface area contributed by atoms with Gasteiger partial charge in [-0.2, -0.15) is 0 Å². The lowest BCUT2D eigenvalue weighted by atomic mass is 10.1. The first-order chi connectivity index (χ1) is 10.0. The Bertz CT molecular complexity index is 462. The number of carbonyl (C=O) groups excluding carboxylic acids is 1. The van der Waals surface area contributed by atoms with Gasteiger partial charge in [-0.3, -0.25) is 0 Å². The quantitative estimate of drug-likeness (QED) is 0.747. The summed E-state index contributed by atoms with van der Waals surface area (Å²) in [6, 6.07) is 5.75. The third-order valence-electron chi connectivity index (χ3n) is 3.22. The van der Waals surface area contributed by atoms with Gasteiger partial charge in [0, 0.05) is 17.7 Å². The molecule has 5 heteroatoms. The predicted octanol–water partition coefficient (Wildman–Crippen LogP) is 2.70. The van der Waals surface area contributed by atoms with E-state index in [2.05, 4.69) is 19.2 Å². The maximum Gasteiger partial charge on any atom is 0.346 e. The molecule has 118 valence electrons. The van der Waals surface area contributed by atoms with Gasteiger partial charge >= 0.3 is 5.97 Å². The zero-order valence-corrected chi connectivity index (χ0v) is 13.4. The van der Waals surface area contributed by atoms with Crippen LogP contribution in [-0.4, -0.2) is 32.8 Å². The zero-order valence-electron chi connectivity index (χ0n) is 13.4. The number of carbonyl (C=O) groups is 1. The largest absolute Gasteiger partial charge is 0.497 e. The number of ether oxygens (including phenoxy) is 3. The van der Waals surface area contributed by atoms with Crippen LogP contribution in [-0.2, 0) is 9.53 Å². The average Bonchev–Trinajstić information content (AvgIpc) is 2.51. The van der Waals surface area contributed by atoms with Gasteiger partial charge in [0.15, 0.2) is 6.10 Å². The minimum atomic E-state index is -0.667. The van der Waals surface area contributed by atoms with E-state index in [0.29, 0.717) is 11.5 Å². The van der Waals surface area contributed by atoms with E-state index in [1.54, 1.807) is 20.1 Å². The molecule has 0 bridgehead atoms. The van der Waals surface area contributed by atoms with Crippen molar-refractivity contribution in [2.24, 2.45) is 0 Å². The molecule has 1 N–H and O–H groups in total. The van der Waals surface area contributed by atoms with Gasteiger partial charge in [-0.05, 0) is 32.9 Å². The van der Waals surface area contributed by atoms with Gasteiger partial charge in [0.05, 0.1) is 14.2 Å². The summed E-state index contributed by atoms with van der Waals surface area (Å²) in [6.45, 7) is 6.76. The minimum Gasteiger partial charge on any atom is -0.497 e. The smallest absolute Gasteiger partial charge is 0.346 e. The lowest BCUT2D eigenvalue weighted by Gasteiger charge is -2.21. The van der Waals surface area contributed by atoms with Crippen LogP contribution in [0.25, 0.3) is 0 Å². The van der Waals surface area contributed by atoms with Crippen molar-refractivity contribution < 1.29 is 19.0 Å². The van der Waals surface area contributed by atoms with Crippen LogP contribution >= 0.6 is 0 Å². The van der Waals surface area contributed by atoms with Crippen LogP contribution in [0.2, 0.25) is 0 Å². The molecule has 21 heavy (non-hydrogen) atoms. The van der Waals surface area contributed by atoms with Crippen molar-refractivity contribution in [3.63, 3.8) is 0 Å². The van der Waals surface area contributed by atoms with Gasteiger partial charge < -0.3 is 19.5 Å². The molecule has 0 saturated heterocycles. The Morgan fingerprint density at radius 3 is 2.57 bits per heavy atom. The molecule has 2 unspecified atom stereocenters. The minimum absolute atomic E-state index is 0.121. The van der Waals surface area contributed by atoms with Crippen LogP contribution in [0.15, 0.2) is 18.2 Å². The first-order valence-corrected chi connectivity index (χ1v) is 7.19. The Morgan fingerprint density at radius 1 is 1.29 bits per heavy atom. The van der Waals surface area contributed by atoms with E-state index in [0.717, 1.165) is 18.5 Å². The number of benzene rings is 1. The first kappa shape index (κ1) is 17.3.